The molecule has 0 saturated heterocycles. The minimum atomic E-state index is 0.466. The van der Waals surface area contributed by atoms with Gasteiger partial charge in [-0.15, -0.1) is 0 Å². The van der Waals surface area contributed by atoms with Crippen LogP contribution in [-0.4, -0.2) is 31.1 Å². The first-order valence-electron chi connectivity index (χ1n) is 7.90. The Balaban J connectivity index is 2.42. The average Bonchev–Trinajstić information content (AvgIpc) is 2.25. The summed E-state index contributed by atoms with van der Waals surface area (Å²) in [5, 5.41) is 0. The molecule has 1 saturated carbocycles. The fourth-order valence-corrected chi connectivity index (χ4v) is 2.73. The van der Waals surface area contributed by atoms with Crippen molar-refractivity contribution in [2.75, 3.05) is 26.2 Å². The van der Waals surface area contributed by atoms with Crippen LogP contribution in [0.4, 0.5) is 0 Å². The molecule has 2 heteroatoms. The van der Waals surface area contributed by atoms with Crippen molar-refractivity contribution in [2.45, 2.75) is 59.8 Å². The number of hydrogen-bond donors (Lipinski definition) is 1. The van der Waals surface area contributed by atoms with E-state index in [4.69, 9.17) is 5.73 Å². The van der Waals surface area contributed by atoms with Gasteiger partial charge in [0.1, 0.15) is 0 Å². The Kier molecular flexibility index (Phi) is 6.65. The van der Waals surface area contributed by atoms with Crippen molar-refractivity contribution in [3.8, 4) is 0 Å². The normalized spacial score (nSPS) is 18.7. The van der Waals surface area contributed by atoms with Gasteiger partial charge in [0, 0.05) is 6.54 Å². The lowest BCUT2D eigenvalue weighted by molar-refractivity contribution is 0.0697. The molecular formula is C16H34N2. The molecule has 0 atom stereocenters. The summed E-state index contributed by atoms with van der Waals surface area (Å²) in [4.78, 5) is 2.69. The predicted molar refractivity (Wildman–Crippen MR) is 80.7 cm³/mol. The first-order chi connectivity index (χ1) is 8.47. The third-order valence-electron chi connectivity index (χ3n) is 4.45. The van der Waals surface area contributed by atoms with Gasteiger partial charge in [0.05, 0.1) is 0 Å². The fraction of sp³-hybridized carbons (Fsp3) is 1.00. The summed E-state index contributed by atoms with van der Waals surface area (Å²) in [6.45, 7) is 13.9. The lowest BCUT2D eigenvalue weighted by atomic mass is 9.68. The van der Waals surface area contributed by atoms with Crippen LogP contribution in [0, 0.1) is 17.3 Å². The fourth-order valence-electron chi connectivity index (χ4n) is 2.73. The Bertz CT molecular complexity index is 202. The van der Waals surface area contributed by atoms with Crippen LogP contribution in [0.15, 0.2) is 0 Å². The lowest BCUT2D eigenvalue weighted by Crippen LogP contribution is -2.47. The van der Waals surface area contributed by atoms with Crippen molar-refractivity contribution < 1.29 is 0 Å². The summed E-state index contributed by atoms with van der Waals surface area (Å²) in [5.41, 5.74) is 6.47. The number of rotatable bonds is 9. The molecule has 2 N–H and O–H groups in total. The van der Waals surface area contributed by atoms with Crippen LogP contribution in [0.1, 0.15) is 59.8 Å². The first-order valence-corrected chi connectivity index (χ1v) is 7.90. The van der Waals surface area contributed by atoms with Crippen molar-refractivity contribution in [2.24, 2.45) is 23.0 Å². The zero-order chi connectivity index (χ0) is 13.6. The zero-order valence-corrected chi connectivity index (χ0v) is 13.0. The maximum atomic E-state index is 6.00. The highest BCUT2D eigenvalue weighted by Crippen LogP contribution is 2.40. The molecule has 0 radical (unpaired) electrons. The number of nitrogens with zero attached hydrogens (tertiary/aromatic N) is 1. The quantitative estimate of drug-likeness (QED) is 0.682. The summed E-state index contributed by atoms with van der Waals surface area (Å²) in [7, 11) is 0. The highest BCUT2D eigenvalue weighted by atomic mass is 15.1. The van der Waals surface area contributed by atoms with Crippen LogP contribution in [-0.2, 0) is 0 Å². The molecule has 1 fully saturated rings. The van der Waals surface area contributed by atoms with Gasteiger partial charge in [-0.3, -0.25) is 0 Å². The molecule has 2 nitrogen and oxygen atoms in total. The van der Waals surface area contributed by atoms with Crippen LogP contribution in [0.3, 0.4) is 0 Å². The second-order valence-electron chi connectivity index (χ2n) is 7.20. The molecule has 0 amide bonds. The molecule has 0 unspecified atom stereocenters. The van der Waals surface area contributed by atoms with Crippen molar-refractivity contribution >= 4 is 0 Å². The summed E-state index contributed by atoms with van der Waals surface area (Å²) in [5.74, 6) is 1.61. The van der Waals surface area contributed by atoms with Gasteiger partial charge in [-0.1, -0.05) is 34.1 Å². The first kappa shape index (κ1) is 16.0. The average molecular weight is 254 g/mol. The van der Waals surface area contributed by atoms with Crippen molar-refractivity contribution in [1.82, 2.24) is 4.90 Å². The minimum Gasteiger partial charge on any atom is -0.330 e. The van der Waals surface area contributed by atoms with Crippen LogP contribution in [0.5, 0.6) is 0 Å². The van der Waals surface area contributed by atoms with E-state index in [2.05, 4.69) is 32.6 Å². The molecule has 0 aromatic rings. The van der Waals surface area contributed by atoms with Gasteiger partial charge in [0.15, 0.2) is 0 Å². The molecule has 108 valence electrons. The van der Waals surface area contributed by atoms with E-state index in [1.165, 1.54) is 51.7 Å². The number of hydrogen-bond acceptors (Lipinski definition) is 2. The molecule has 1 aliphatic rings. The monoisotopic (exact) mass is 254 g/mol. The largest absolute Gasteiger partial charge is 0.330 e. The molecule has 0 aromatic heterocycles. The standard InChI is InChI=1S/C16H34N2/c1-14(2)6-10-18(11-7-15(3)4)13-16(12-17)8-5-9-16/h14-15H,5-13,17H2,1-4H3. The lowest BCUT2D eigenvalue weighted by Gasteiger charge is -2.44. The minimum absolute atomic E-state index is 0.466. The summed E-state index contributed by atoms with van der Waals surface area (Å²) < 4.78 is 0. The topological polar surface area (TPSA) is 29.3 Å². The highest BCUT2D eigenvalue weighted by Gasteiger charge is 2.36. The van der Waals surface area contributed by atoms with Gasteiger partial charge in [-0.2, -0.15) is 0 Å². The Morgan fingerprint density at radius 1 is 1.00 bits per heavy atom. The Labute approximate surface area is 114 Å². The van der Waals surface area contributed by atoms with Gasteiger partial charge < -0.3 is 10.6 Å². The van der Waals surface area contributed by atoms with Gasteiger partial charge in [0.2, 0.25) is 0 Å². The molecule has 0 heterocycles. The van der Waals surface area contributed by atoms with Gasteiger partial charge in [-0.25, -0.2) is 0 Å². The van der Waals surface area contributed by atoms with Gasteiger partial charge in [-0.05, 0) is 62.6 Å². The van der Waals surface area contributed by atoms with E-state index in [0.29, 0.717) is 5.41 Å². The van der Waals surface area contributed by atoms with Crippen molar-refractivity contribution in [1.29, 1.82) is 0 Å². The molecule has 0 spiro atoms. The molecule has 1 aliphatic carbocycles. The third-order valence-corrected chi connectivity index (χ3v) is 4.45. The molecule has 0 aliphatic heterocycles. The van der Waals surface area contributed by atoms with E-state index >= 15 is 0 Å². The Morgan fingerprint density at radius 2 is 1.50 bits per heavy atom. The van der Waals surface area contributed by atoms with Crippen LogP contribution in [0.2, 0.25) is 0 Å². The predicted octanol–water partition coefficient (Wildman–Crippen LogP) is 3.51. The molecule has 18 heavy (non-hydrogen) atoms. The highest BCUT2D eigenvalue weighted by molar-refractivity contribution is 4.91. The van der Waals surface area contributed by atoms with E-state index in [0.717, 1.165) is 18.4 Å². The van der Waals surface area contributed by atoms with Crippen LogP contribution < -0.4 is 5.73 Å². The molecular weight excluding hydrogens is 220 g/mol. The molecule has 0 aromatic carbocycles. The summed E-state index contributed by atoms with van der Waals surface area (Å²) in [6, 6.07) is 0. The van der Waals surface area contributed by atoms with Crippen LogP contribution in [0.25, 0.3) is 0 Å². The van der Waals surface area contributed by atoms with Gasteiger partial charge in [0.25, 0.3) is 0 Å². The van der Waals surface area contributed by atoms with Crippen molar-refractivity contribution in [3.63, 3.8) is 0 Å². The van der Waals surface area contributed by atoms with E-state index in [1.54, 1.807) is 0 Å². The van der Waals surface area contributed by atoms with E-state index in [-0.39, 0.29) is 0 Å². The smallest absolute Gasteiger partial charge is 0.00501 e. The zero-order valence-electron chi connectivity index (χ0n) is 13.0. The van der Waals surface area contributed by atoms with Crippen LogP contribution >= 0.6 is 0 Å². The molecule has 0 bridgehead atoms. The maximum Gasteiger partial charge on any atom is 0.00501 e. The molecule has 1 rings (SSSR count). The van der Waals surface area contributed by atoms with Gasteiger partial charge >= 0.3 is 0 Å². The second-order valence-corrected chi connectivity index (χ2v) is 7.20. The second kappa shape index (κ2) is 7.49. The van der Waals surface area contributed by atoms with E-state index in [1.807, 2.05) is 0 Å². The number of nitrogens with two attached hydrogens (primary N) is 1. The van der Waals surface area contributed by atoms with Crippen molar-refractivity contribution in [3.05, 3.63) is 0 Å². The van der Waals surface area contributed by atoms with E-state index in [9.17, 15) is 0 Å². The van der Waals surface area contributed by atoms with E-state index < -0.39 is 0 Å². The Hall–Kier alpha value is -0.0800. The summed E-state index contributed by atoms with van der Waals surface area (Å²) >= 11 is 0. The Morgan fingerprint density at radius 3 is 1.78 bits per heavy atom. The summed E-state index contributed by atoms with van der Waals surface area (Å²) in [6.07, 6.45) is 6.73. The SMILES string of the molecule is CC(C)CCN(CCC(C)C)CC1(CN)CCC1. The third kappa shape index (κ3) is 5.27. The maximum absolute atomic E-state index is 6.00.